The van der Waals surface area contributed by atoms with Gasteiger partial charge in [-0.05, 0) is 36.1 Å². The molecule has 2 aromatic rings. The number of aryl methyl sites for hydroxylation is 1. The van der Waals surface area contributed by atoms with Gasteiger partial charge in [0.05, 0.1) is 13.0 Å². The van der Waals surface area contributed by atoms with Crippen LogP contribution in [0.1, 0.15) is 17.5 Å². The third-order valence-corrected chi connectivity index (χ3v) is 5.05. The van der Waals surface area contributed by atoms with E-state index in [1.807, 2.05) is 36.4 Å². The molecule has 29 heavy (non-hydrogen) atoms. The number of benzene rings is 2. The van der Waals surface area contributed by atoms with Crippen molar-refractivity contribution >= 4 is 23.5 Å². The van der Waals surface area contributed by atoms with Crippen LogP contribution in [0.25, 0.3) is 0 Å². The molecular formula is C22H24N2O5. The Bertz CT molecular complexity index is 912. The summed E-state index contributed by atoms with van der Waals surface area (Å²) >= 11 is 0. The molecule has 1 heterocycles. The van der Waals surface area contributed by atoms with Crippen LogP contribution in [0.4, 0.5) is 5.69 Å². The number of rotatable bonds is 8. The van der Waals surface area contributed by atoms with Crippen LogP contribution < -0.4 is 15.0 Å². The molecule has 7 nitrogen and oxygen atoms in total. The summed E-state index contributed by atoms with van der Waals surface area (Å²) in [6.07, 6.45) is 1.24. The second-order valence-electron chi connectivity index (χ2n) is 6.96. The highest BCUT2D eigenvalue weighted by Gasteiger charge is 2.26. The van der Waals surface area contributed by atoms with E-state index in [9.17, 15) is 19.5 Å². The molecule has 1 atom stereocenters. The Morgan fingerprint density at radius 2 is 1.86 bits per heavy atom. The molecule has 2 N–H and O–H groups in total. The molecule has 0 saturated heterocycles. The van der Waals surface area contributed by atoms with Crippen LogP contribution in [-0.2, 0) is 27.2 Å². The smallest absolute Gasteiger partial charge is 0.308 e. The number of carbonyl (C=O) groups is 3. The number of ether oxygens (including phenoxy) is 1. The highest BCUT2D eigenvalue weighted by Crippen LogP contribution is 2.27. The summed E-state index contributed by atoms with van der Waals surface area (Å²) in [6.45, 7) is -0.160. The minimum Gasteiger partial charge on any atom is -0.496 e. The van der Waals surface area contributed by atoms with Gasteiger partial charge in [0.15, 0.2) is 0 Å². The number of carboxylic acid groups (broad SMARTS) is 1. The third-order valence-electron chi connectivity index (χ3n) is 5.05. The number of amides is 2. The lowest BCUT2D eigenvalue weighted by Gasteiger charge is -2.29. The van der Waals surface area contributed by atoms with Crippen LogP contribution in [0.15, 0.2) is 48.5 Å². The molecule has 0 aliphatic carbocycles. The van der Waals surface area contributed by atoms with Crippen LogP contribution >= 0.6 is 0 Å². The second kappa shape index (κ2) is 9.23. The van der Waals surface area contributed by atoms with Gasteiger partial charge in [-0.15, -0.1) is 0 Å². The van der Waals surface area contributed by atoms with Gasteiger partial charge in [0.1, 0.15) is 12.3 Å². The fourth-order valence-electron chi connectivity index (χ4n) is 3.49. The van der Waals surface area contributed by atoms with Crippen molar-refractivity contribution < 1.29 is 24.2 Å². The lowest BCUT2D eigenvalue weighted by molar-refractivity contribution is -0.141. The van der Waals surface area contributed by atoms with E-state index < -0.39 is 11.9 Å². The number of para-hydroxylation sites is 2. The maximum absolute atomic E-state index is 12.4. The number of aliphatic carboxylic acids is 1. The molecule has 7 heteroatoms. The molecular weight excluding hydrogens is 372 g/mol. The molecule has 3 rings (SSSR count). The van der Waals surface area contributed by atoms with E-state index in [1.54, 1.807) is 12.1 Å². The quantitative estimate of drug-likeness (QED) is 0.712. The zero-order valence-electron chi connectivity index (χ0n) is 16.3. The Morgan fingerprint density at radius 3 is 2.62 bits per heavy atom. The third kappa shape index (κ3) is 4.93. The van der Waals surface area contributed by atoms with E-state index in [1.165, 1.54) is 12.0 Å². The van der Waals surface area contributed by atoms with Gasteiger partial charge in [-0.25, -0.2) is 0 Å². The fourth-order valence-corrected chi connectivity index (χ4v) is 3.49. The predicted molar refractivity (Wildman–Crippen MR) is 108 cm³/mol. The first-order valence-corrected chi connectivity index (χ1v) is 9.49. The van der Waals surface area contributed by atoms with Crippen LogP contribution in [0.2, 0.25) is 0 Å². The maximum atomic E-state index is 12.4. The van der Waals surface area contributed by atoms with Crippen LogP contribution in [0.5, 0.6) is 5.75 Å². The van der Waals surface area contributed by atoms with Crippen molar-refractivity contribution in [2.45, 2.75) is 19.3 Å². The van der Waals surface area contributed by atoms with Gasteiger partial charge in [-0.1, -0.05) is 36.4 Å². The summed E-state index contributed by atoms with van der Waals surface area (Å²) in [5.74, 6) is -1.69. The number of carbonyl (C=O) groups excluding carboxylic acids is 2. The topological polar surface area (TPSA) is 95.9 Å². The number of nitrogens with one attached hydrogen (secondary N) is 1. The van der Waals surface area contributed by atoms with E-state index in [2.05, 4.69) is 5.32 Å². The lowest BCUT2D eigenvalue weighted by atomic mass is 9.98. The first-order valence-electron chi connectivity index (χ1n) is 9.49. The molecule has 1 aliphatic rings. The molecule has 0 spiro atoms. The maximum Gasteiger partial charge on any atom is 0.308 e. The van der Waals surface area contributed by atoms with Gasteiger partial charge in [0.25, 0.3) is 0 Å². The summed E-state index contributed by atoms with van der Waals surface area (Å²) in [4.78, 5) is 37.9. The van der Waals surface area contributed by atoms with Crippen molar-refractivity contribution in [2.24, 2.45) is 5.92 Å². The van der Waals surface area contributed by atoms with Crippen molar-refractivity contribution in [3.8, 4) is 5.75 Å². The van der Waals surface area contributed by atoms with Gasteiger partial charge in [-0.2, -0.15) is 0 Å². The average Bonchev–Trinajstić information content (AvgIpc) is 2.73. The Labute approximate surface area is 169 Å². The van der Waals surface area contributed by atoms with E-state index in [-0.39, 0.29) is 31.3 Å². The normalized spacial score (nSPS) is 14.1. The fraction of sp³-hybridized carbons (Fsp3) is 0.318. The molecule has 0 fully saturated rings. The number of anilines is 1. The number of fused-ring (bicyclic) bond motifs is 1. The Balaban J connectivity index is 1.63. The largest absolute Gasteiger partial charge is 0.496 e. The van der Waals surface area contributed by atoms with E-state index in [0.717, 1.165) is 16.8 Å². The molecule has 0 radical (unpaired) electrons. The average molecular weight is 396 g/mol. The lowest BCUT2D eigenvalue weighted by Crippen LogP contribution is -2.44. The first-order chi connectivity index (χ1) is 14.0. The number of hydrogen-bond acceptors (Lipinski definition) is 4. The molecule has 1 aliphatic heterocycles. The zero-order chi connectivity index (χ0) is 20.8. The van der Waals surface area contributed by atoms with Crippen molar-refractivity contribution in [3.05, 3.63) is 59.7 Å². The summed E-state index contributed by atoms with van der Waals surface area (Å²) in [7, 11) is 1.53. The van der Waals surface area contributed by atoms with Crippen molar-refractivity contribution in [1.29, 1.82) is 0 Å². The van der Waals surface area contributed by atoms with Crippen LogP contribution in [0, 0.1) is 5.92 Å². The molecule has 2 amide bonds. The van der Waals surface area contributed by atoms with E-state index in [4.69, 9.17) is 4.74 Å². The predicted octanol–water partition coefficient (Wildman–Crippen LogP) is 2.03. The summed E-state index contributed by atoms with van der Waals surface area (Å²) in [5, 5.41) is 12.2. The van der Waals surface area contributed by atoms with Gasteiger partial charge >= 0.3 is 5.97 Å². The van der Waals surface area contributed by atoms with E-state index in [0.29, 0.717) is 18.6 Å². The van der Waals surface area contributed by atoms with Crippen molar-refractivity contribution in [2.75, 3.05) is 25.1 Å². The minimum atomic E-state index is -1.00. The summed E-state index contributed by atoms with van der Waals surface area (Å²) in [5.41, 5.74) is 2.53. The number of hydrogen-bond donors (Lipinski definition) is 2. The molecule has 0 saturated carbocycles. The summed E-state index contributed by atoms with van der Waals surface area (Å²) in [6, 6.07) is 14.7. The molecule has 2 aromatic carbocycles. The highest BCUT2D eigenvalue weighted by molar-refractivity contribution is 6.01. The number of methoxy groups -OCH3 is 1. The van der Waals surface area contributed by atoms with Crippen molar-refractivity contribution in [3.63, 3.8) is 0 Å². The monoisotopic (exact) mass is 396 g/mol. The van der Waals surface area contributed by atoms with Crippen LogP contribution in [-0.4, -0.2) is 43.1 Å². The molecule has 0 aromatic heterocycles. The summed E-state index contributed by atoms with van der Waals surface area (Å²) < 4.78 is 5.27. The van der Waals surface area contributed by atoms with Crippen LogP contribution in [0.3, 0.4) is 0 Å². The van der Waals surface area contributed by atoms with Crippen molar-refractivity contribution in [1.82, 2.24) is 5.32 Å². The zero-order valence-corrected chi connectivity index (χ0v) is 16.3. The van der Waals surface area contributed by atoms with E-state index >= 15 is 0 Å². The Morgan fingerprint density at radius 1 is 1.14 bits per heavy atom. The van der Waals surface area contributed by atoms with Gasteiger partial charge in [0, 0.05) is 18.7 Å². The van der Waals surface area contributed by atoms with Gasteiger partial charge in [-0.3, -0.25) is 14.4 Å². The minimum absolute atomic E-state index is 0.0319. The number of nitrogens with zero attached hydrogens (tertiary/aromatic N) is 1. The Kier molecular flexibility index (Phi) is 6.49. The Hall–Kier alpha value is -3.35. The standard InChI is InChI=1S/C22H24N2O5/c1-29-19-9-5-3-7-16(19)12-17(22(27)28)13-23-20(25)14-24-18-8-4-2-6-15(18)10-11-21(24)26/h2-9,17H,10-14H2,1H3,(H,23,25)(H,27,28). The molecule has 0 bridgehead atoms. The molecule has 1 unspecified atom stereocenters. The SMILES string of the molecule is COc1ccccc1CC(CNC(=O)CN1C(=O)CCc2ccccc21)C(=O)O. The van der Waals surface area contributed by atoms with Gasteiger partial charge in [0.2, 0.25) is 11.8 Å². The molecule has 152 valence electrons. The van der Waals surface area contributed by atoms with Gasteiger partial charge < -0.3 is 20.1 Å². The second-order valence-corrected chi connectivity index (χ2v) is 6.96. The highest BCUT2D eigenvalue weighted by atomic mass is 16.5. The number of carboxylic acids is 1. The first kappa shape index (κ1) is 20.4.